The maximum absolute atomic E-state index is 13.2. The second-order valence-corrected chi connectivity index (χ2v) is 5.44. The van der Waals surface area contributed by atoms with Gasteiger partial charge in [0.1, 0.15) is 0 Å². The van der Waals surface area contributed by atoms with Gasteiger partial charge in [-0.1, -0.05) is 40.2 Å². The summed E-state index contributed by atoms with van der Waals surface area (Å²) in [6.07, 6.45) is 0.468. The summed E-state index contributed by atoms with van der Waals surface area (Å²) in [5, 5.41) is 0. The molecule has 106 valence electrons. The molecule has 0 radical (unpaired) electrons. The molecule has 1 atom stereocenters. The number of nitrogens with one attached hydrogen (secondary N) is 1. The van der Waals surface area contributed by atoms with Gasteiger partial charge in [0.2, 0.25) is 0 Å². The summed E-state index contributed by atoms with van der Waals surface area (Å²) in [5.41, 5.74) is 5.48. The molecule has 0 saturated heterocycles. The van der Waals surface area contributed by atoms with Gasteiger partial charge < -0.3 is 0 Å². The second-order valence-electron chi connectivity index (χ2n) is 4.65. The lowest BCUT2D eigenvalue weighted by Crippen LogP contribution is -2.30. The number of rotatable bonds is 4. The van der Waals surface area contributed by atoms with Gasteiger partial charge in [-0.3, -0.25) is 11.3 Å². The van der Waals surface area contributed by atoms with E-state index in [0.29, 0.717) is 12.0 Å². The fraction of sp³-hybridized carbons (Fsp3) is 0.200. The van der Waals surface area contributed by atoms with E-state index in [1.807, 2.05) is 25.1 Å². The van der Waals surface area contributed by atoms with Crippen LogP contribution in [-0.2, 0) is 6.42 Å². The van der Waals surface area contributed by atoms with Crippen LogP contribution in [0.15, 0.2) is 40.9 Å². The topological polar surface area (TPSA) is 38.0 Å². The van der Waals surface area contributed by atoms with Gasteiger partial charge in [0, 0.05) is 4.47 Å². The molecule has 2 rings (SSSR count). The Hall–Kier alpha value is -1.30. The van der Waals surface area contributed by atoms with Gasteiger partial charge in [0.05, 0.1) is 6.04 Å². The van der Waals surface area contributed by atoms with Gasteiger partial charge in [-0.25, -0.2) is 8.78 Å². The maximum Gasteiger partial charge on any atom is 0.159 e. The molecule has 0 aliphatic heterocycles. The third kappa shape index (κ3) is 3.23. The largest absolute Gasteiger partial charge is 0.271 e. The average Bonchev–Trinajstić information content (AvgIpc) is 2.43. The fourth-order valence-electron chi connectivity index (χ4n) is 2.10. The van der Waals surface area contributed by atoms with Gasteiger partial charge in [-0.15, -0.1) is 0 Å². The third-order valence-corrected chi connectivity index (χ3v) is 4.31. The van der Waals surface area contributed by atoms with Crippen molar-refractivity contribution in [1.29, 1.82) is 0 Å². The summed E-state index contributed by atoms with van der Waals surface area (Å²) in [4.78, 5) is 0. The molecule has 2 aromatic carbocycles. The van der Waals surface area contributed by atoms with Crippen LogP contribution in [0.3, 0.4) is 0 Å². The summed E-state index contributed by atoms with van der Waals surface area (Å²) in [7, 11) is 0. The normalized spacial score (nSPS) is 12.4. The summed E-state index contributed by atoms with van der Waals surface area (Å²) in [6, 6.07) is 9.57. The van der Waals surface area contributed by atoms with Crippen molar-refractivity contribution >= 4 is 15.9 Å². The number of hydrogen-bond donors (Lipinski definition) is 2. The van der Waals surface area contributed by atoms with Crippen LogP contribution in [0.4, 0.5) is 8.78 Å². The molecule has 2 aromatic rings. The average molecular weight is 341 g/mol. The zero-order chi connectivity index (χ0) is 14.7. The molecule has 5 heteroatoms. The molecule has 1 unspecified atom stereocenters. The van der Waals surface area contributed by atoms with Crippen LogP contribution in [0, 0.1) is 18.6 Å². The van der Waals surface area contributed by atoms with Gasteiger partial charge >= 0.3 is 0 Å². The molecule has 3 N–H and O–H groups in total. The second kappa shape index (κ2) is 6.43. The Morgan fingerprint density at radius 2 is 1.95 bits per heavy atom. The van der Waals surface area contributed by atoms with Crippen LogP contribution in [0.25, 0.3) is 0 Å². The molecule has 0 aliphatic carbocycles. The molecule has 0 aromatic heterocycles. The Labute approximate surface area is 125 Å². The Morgan fingerprint density at radius 3 is 2.60 bits per heavy atom. The van der Waals surface area contributed by atoms with E-state index in [4.69, 9.17) is 5.84 Å². The molecule has 0 heterocycles. The molecule has 0 aliphatic rings. The first-order chi connectivity index (χ1) is 9.52. The van der Waals surface area contributed by atoms with Crippen LogP contribution in [0.1, 0.15) is 22.7 Å². The van der Waals surface area contributed by atoms with E-state index in [1.54, 1.807) is 6.07 Å². The molecule has 0 spiro atoms. The number of hydrazine groups is 1. The van der Waals surface area contributed by atoms with Crippen molar-refractivity contribution in [2.75, 3.05) is 0 Å². The van der Waals surface area contributed by atoms with Crippen LogP contribution in [0.2, 0.25) is 0 Å². The molecule has 0 saturated carbocycles. The van der Waals surface area contributed by atoms with Crippen molar-refractivity contribution in [3.05, 3.63) is 69.2 Å². The smallest absolute Gasteiger partial charge is 0.159 e. The number of halogens is 3. The molecular formula is C15H15BrF2N2. The van der Waals surface area contributed by atoms with E-state index in [1.165, 1.54) is 6.07 Å². The first kappa shape index (κ1) is 15.1. The predicted molar refractivity (Wildman–Crippen MR) is 79.0 cm³/mol. The van der Waals surface area contributed by atoms with Gasteiger partial charge in [-0.2, -0.15) is 0 Å². The molecule has 2 nitrogen and oxygen atoms in total. The summed E-state index contributed by atoms with van der Waals surface area (Å²) >= 11 is 3.53. The van der Waals surface area contributed by atoms with Crippen molar-refractivity contribution in [2.24, 2.45) is 5.84 Å². The van der Waals surface area contributed by atoms with Crippen LogP contribution < -0.4 is 11.3 Å². The van der Waals surface area contributed by atoms with E-state index in [9.17, 15) is 8.78 Å². The highest BCUT2D eigenvalue weighted by Crippen LogP contribution is 2.28. The van der Waals surface area contributed by atoms with Crippen molar-refractivity contribution in [3.63, 3.8) is 0 Å². The van der Waals surface area contributed by atoms with E-state index in [0.717, 1.165) is 21.7 Å². The Kier molecular flexibility index (Phi) is 4.86. The van der Waals surface area contributed by atoms with Crippen molar-refractivity contribution in [1.82, 2.24) is 5.43 Å². The minimum atomic E-state index is -0.846. The maximum atomic E-state index is 13.2. The molecule has 0 fully saturated rings. The highest BCUT2D eigenvalue weighted by molar-refractivity contribution is 9.10. The van der Waals surface area contributed by atoms with Gasteiger partial charge in [0.15, 0.2) is 11.6 Å². The number of hydrogen-bond acceptors (Lipinski definition) is 2. The van der Waals surface area contributed by atoms with E-state index < -0.39 is 11.6 Å². The van der Waals surface area contributed by atoms with E-state index in [2.05, 4.69) is 21.4 Å². The van der Waals surface area contributed by atoms with Crippen LogP contribution >= 0.6 is 15.9 Å². The number of benzene rings is 2. The third-order valence-electron chi connectivity index (χ3n) is 3.22. The van der Waals surface area contributed by atoms with E-state index >= 15 is 0 Å². The Morgan fingerprint density at radius 1 is 1.20 bits per heavy atom. The minimum absolute atomic E-state index is 0.186. The lowest BCUT2D eigenvalue weighted by Gasteiger charge is -2.19. The summed E-state index contributed by atoms with van der Waals surface area (Å²) in [5.74, 6) is 3.91. The van der Waals surface area contributed by atoms with Crippen molar-refractivity contribution < 1.29 is 8.78 Å². The number of nitrogens with two attached hydrogens (primary N) is 1. The molecule has 0 amide bonds. The zero-order valence-electron chi connectivity index (χ0n) is 11.0. The lowest BCUT2D eigenvalue weighted by molar-refractivity contribution is 0.502. The standard InChI is InChI=1S/C15H15BrF2N2/c1-9-3-2-4-11(15(9)16)14(20-19)8-10-5-6-12(17)13(18)7-10/h2-7,14,20H,8,19H2,1H3. The highest BCUT2D eigenvalue weighted by atomic mass is 79.9. The van der Waals surface area contributed by atoms with Crippen LogP contribution in [-0.4, -0.2) is 0 Å². The summed E-state index contributed by atoms with van der Waals surface area (Å²) in [6.45, 7) is 1.98. The zero-order valence-corrected chi connectivity index (χ0v) is 12.5. The Balaban J connectivity index is 2.28. The SMILES string of the molecule is Cc1cccc(C(Cc2ccc(F)c(F)c2)NN)c1Br. The molecule has 20 heavy (non-hydrogen) atoms. The minimum Gasteiger partial charge on any atom is -0.271 e. The highest BCUT2D eigenvalue weighted by Gasteiger charge is 2.15. The first-order valence-corrected chi connectivity index (χ1v) is 6.97. The van der Waals surface area contributed by atoms with Gasteiger partial charge in [0.25, 0.3) is 0 Å². The van der Waals surface area contributed by atoms with E-state index in [-0.39, 0.29) is 6.04 Å². The van der Waals surface area contributed by atoms with Crippen LogP contribution in [0.5, 0.6) is 0 Å². The molecule has 0 bridgehead atoms. The molecular weight excluding hydrogens is 326 g/mol. The summed E-state index contributed by atoms with van der Waals surface area (Å²) < 4.78 is 27.1. The quantitative estimate of drug-likeness (QED) is 0.656. The predicted octanol–water partition coefficient (Wildman–Crippen LogP) is 3.78. The van der Waals surface area contributed by atoms with Crippen molar-refractivity contribution in [2.45, 2.75) is 19.4 Å². The monoisotopic (exact) mass is 340 g/mol. The Bertz CT molecular complexity index is 617. The fourth-order valence-corrected chi connectivity index (χ4v) is 2.64. The number of aryl methyl sites for hydroxylation is 1. The lowest BCUT2D eigenvalue weighted by atomic mass is 9.98. The first-order valence-electron chi connectivity index (χ1n) is 6.18. The van der Waals surface area contributed by atoms with Crippen molar-refractivity contribution in [3.8, 4) is 0 Å². The van der Waals surface area contributed by atoms with Gasteiger partial charge in [-0.05, 0) is 42.2 Å².